The molecule has 1 amide bonds. The largest absolute Gasteiger partial charge is 0.358 e. The number of hydrogen-bond acceptors (Lipinski definition) is 3. The molecular weight excluding hydrogens is 300 g/mol. The maximum absolute atomic E-state index is 13.5. The highest BCUT2D eigenvalue weighted by Gasteiger charge is 2.10. The number of amides is 1. The van der Waals surface area contributed by atoms with Crippen molar-refractivity contribution >= 4 is 17.3 Å². The molecule has 0 fully saturated rings. The zero-order valence-corrected chi connectivity index (χ0v) is 12.2. The molecule has 6 heteroatoms. The summed E-state index contributed by atoms with van der Waals surface area (Å²) in [5.74, 6) is -1.98. The van der Waals surface area contributed by atoms with Crippen molar-refractivity contribution in [3.05, 3.63) is 71.4 Å². The molecule has 0 unspecified atom stereocenters. The minimum Gasteiger partial charge on any atom is -0.358 e. The summed E-state index contributed by atoms with van der Waals surface area (Å²) in [6.07, 6.45) is 1.03. The Morgan fingerprint density at radius 3 is 2.70 bits per heavy atom. The average Bonchev–Trinajstić information content (AvgIpc) is 2.51. The van der Waals surface area contributed by atoms with E-state index in [0.29, 0.717) is 5.69 Å². The Kier molecular flexibility index (Phi) is 5.05. The number of hydrogen-bond donors (Lipinski definition) is 2. The molecule has 116 valence electrons. The van der Waals surface area contributed by atoms with E-state index in [1.54, 1.807) is 24.3 Å². The fourth-order valence-electron chi connectivity index (χ4n) is 1.83. The number of nitrogens with one attached hydrogen (secondary N) is 2. The lowest BCUT2D eigenvalue weighted by molar-refractivity contribution is -0.112. The van der Waals surface area contributed by atoms with Crippen LogP contribution in [0.4, 0.5) is 20.2 Å². The average molecular weight is 313 g/mol. The molecule has 2 rings (SSSR count). The fourth-order valence-corrected chi connectivity index (χ4v) is 1.83. The van der Waals surface area contributed by atoms with Crippen molar-refractivity contribution in [2.24, 2.45) is 0 Å². The van der Waals surface area contributed by atoms with Gasteiger partial charge in [-0.3, -0.25) is 4.79 Å². The van der Waals surface area contributed by atoms with Gasteiger partial charge in [0.05, 0.1) is 5.69 Å². The first-order valence-corrected chi connectivity index (χ1v) is 6.69. The second-order valence-electron chi connectivity index (χ2n) is 4.76. The number of rotatable bonds is 4. The van der Waals surface area contributed by atoms with Crippen molar-refractivity contribution < 1.29 is 13.6 Å². The highest BCUT2D eigenvalue weighted by atomic mass is 19.1. The fraction of sp³-hybridized carbons (Fsp3) is 0.0588. The van der Waals surface area contributed by atoms with Crippen LogP contribution < -0.4 is 10.6 Å². The van der Waals surface area contributed by atoms with Gasteiger partial charge in [-0.2, -0.15) is 5.26 Å². The summed E-state index contributed by atoms with van der Waals surface area (Å²) in [6.45, 7) is 1.87. The molecule has 0 atom stereocenters. The summed E-state index contributed by atoms with van der Waals surface area (Å²) in [4.78, 5) is 12.0. The Hall–Kier alpha value is -3.20. The molecule has 0 saturated heterocycles. The molecule has 0 aliphatic carbocycles. The molecule has 0 heterocycles. The standard InChI is InChI=1S/C17H13F2N3O/c1-11-3-2-4-14(7-11)22-17(23)12(9-20)10-21-16-8-13(18)5-6-15(16)19/h2-8,10,21H,1H3,(H,22,23)/b12-10-. The summed E-state index contributed by atoms with van der Waals surface area (Å²) in [6, 6.07) is 11.6. The maximum Gasteiger partial charge on any atom is 0.267 e. The molecule has 0 aromatic heterocycles. The Balaban J connectivity index is 2.14. The summed E-state index contributed by atoms with van der Waals surface area (Å²) in [5, 5.41) is 14.0. The van der Waals surface area contributed by atoms with Gasteiger partial charge in [0.25, 0.3) is 5.91 Å². The number of nitrogens with zero attached hydrogens (tertiary/aromatic N) is 1. The Morgan fingerprint density at radius 1 is 1.22 bits per heavy atom. The van der Waals surface area contributed by atoms with Crippen LogP contribution in [-0.4, -0.2) is 5.91 Å². The molecule has 0 radical (unpaired) electrons. The van der Waals surface area contributed by atoms with Crippen molar-refractivity contribution in [2.45, 2.75) is 6.92 Å². The lowest BCUT2D eigenvalue weighted by atomic mass is 10.2. The molecule has 2 N–H and O–H groups in total. The minimum atomic E-state index is -0.695. The Labute approximate surface area is 132 Å². The molecule has 0 aliphatic rings. The van der Waals surface area contributed by atoms with Crippen molar-refractivity contribution in [2.75, 3.05) is 10.6 Å². The first-order valence-electron chi connectivity index (χ1n) is 6.69. The van der Waals surface area contributed by atoms with Gasteiger partial charge in [0.1, 0.15) is 23.3 Å². The number of aryl methyl sites for hydroxylation is 1. The van der Waals surface area contributed by atoms with Gasteiger partial charge >= 0.3 is 0 Å². The summed E-state index contributed by atoms with van der Waals surface area (Å²) >= 11 is 0. The molecule has 0 spiro atoms. The molecule has 0 aliphatic heterocycles. The highest BCUT2D eigenvalue weighted by molar-refractivity contribution is 6.06. The Bertz CT molecular complexity index is 810. The minimum absolute atomic E-state index is 0.166. The van der Waals surface area contributed by atoms with E-state index in [0.717, 1.165) is 30.0 Å². The molecule has 23 heavy (non-hydrogen) atoms. The van der Waals surface area contributed by atoms with E-state index in [1.165, 1.54) is 0 Å². The van der Waals surface area contributed by atoms with Crippen LogP contribution in [0.25, 0.3) is 0 Å². The van der Waals surface area contributed by atoms with Crippen LogP contribution in [-0.2, 0) is 4.79 Å². The second-order valence-corrected chi connectivity index (χ2v) is 4.76. The van der Waals surface area contributed by atoms with Crippen molar-refractivity contribution in [3.63, 3.8) is 0 Å². The van der Waals surface area contributed by atoms with Crippen LogP contribution in [0.2, 0.25) is 0 Å². The molecule has 0 saturated carbocycles. The highest BCUT2D eigenvalue weighted by Crippen LogP contribution is 2.16. The van der Waals surface area contributed by atoms with Crippen LogP contribution in [0.5, 0.6) is 0 Å². The quantitative estimate of drug-likeness (QED) is 0.667. The zero-order chi connectivity index (χ0) is 16.8. The lowest BCUT2D eigenvalue weighted by Crippen LogP contribution is -2.14. The third-order valence-electron chi connectivity index (χ3n) is 2.94. The monoisotopic (exact) mass is 313 g/mol. The van der Waals surface area contributed by atoms with E-state index < -0.39 is 17.5 Å². The van der Waals surface area contributed by atoms with Crippen molar-refractivity contribution in [1.29, 1.82) is 5.26 Å². The van der Waals surface area contributed by atoms with Crippen molar-refractivity contribution in [1.82, 2.24) is 0 Å². The number of carbonyl (C=O) groups excluding carboxylic acids is 1. The van der Waals surface area contributed by atoms with E-state index in [1.807, 2.05) is 13.0 Å². The maximum atomic E-state index is 13.5. The van der Waals surface area contributed by atoms with Crippen LogP contribution in [0.3, 0.4) is 0 Å². The summed E-state index contributed by atoms with van der Waals surface area (Å²) in [5.41, 5.74) is 1.05. The first kappa shape index (κ1) is 16.2. The molecular formula is C17H13F2N3O. The van der Waals surface area contributed by atoms with E-state index >= 15 is 0 Å². The van der Waals surface area contributed by atoms with Crippen molar-refractivity contribution in [3.8, 4) is 6.07 Å². The molecule has 4 nitrogen and oxygen atoms in total. The van der Waals surface area contributed by atoms with Crippen LogP contribution in [0.1, 0.15) is 5.56 Å². The number of anilines is 2. The smallest absolute Gasteiger partial charge is 0.267 e. The van der Waals surface area contributed by atoms with Gasteiger partial charge in [-0.1, -0.05) is 12.1 Å². The topological polar surface area (TPSA) is 64.9 Å². The molecule has 2 aromatic carbocycles. The number of halogens is 2. The normalized spacial score (nSPS) is 10.8. The van der Waals surface area contributed by atoms with Gasteiger partial charge in [0, 0.05) is 18.0 Å². The van der Waals surface area contributed by atoms with E-state index in [9.17, 15) is 13.6 Å². The van der Waals surface area contributed by atoms with Gasteiger partial charge in [0.2, 0.25) is 0 Å². The molecule has 2 aromatic rings. The number of benzene rings is 2. The molecule has 0 bridgehead atoms. The van der Waals surface area contributed by atoms with Crippen LogP contribution in [0, 0.1) is 29.9 Å². The van der Waals surface area contributed by atoms with Gasteiger partial charge in [-0.25, -0.2) is 8.78 Å². The Morgan fingerprint density at radius 2 is 2.00 bits per heavy atom. The third kappa shape index (κ3) is 4.38. The predicted octanol–water partition coefficient (Wildman–Crippen LogP) is 3.73. The third-order valence-corrected chi connectivity index (χ3v) is 2.94. The summed E-state index contributed by atoms with van der Waals surface area (Å²) < 4.78 is 26.5. The van der Waals surface area contributed by atoms with Gasteiger partial charge in [-0.15, -0.1) is 0 Å². The zero-order valence-electron chi connectivity index (χ0n) is 12.2. The summed E-state index contributed by atoms with van der Waals surface area (Å²) in [7, 11) is 0. The van der Waals surface area contributed by atoms with E-state index in [4.69, 9.17) is 5.26 Å². The first-order chi connectivity index (χ1) is 11.0. The van der Waals surface area contributed by atoms with E-state index in [-0.39, 0.29) is 11.3 Å². The SMILES string of the molecule is Cc1cccc(NC(=O)/C(C#N)=C\Nc2cc(F)ccc2F)c1. The number of nitriles is 1. The van der Waals surface area contributed by atoms with Gasteiger partial charge in [-0.05, 0) is 36.8 Å². The lowest BCUT2D eigenvalue weighted by Gasteiger charge is -2.06. The van der Waals surface area contributed by atoms with Gasteiger partial charge in [0.15, 0.2) is 0 Å². The number of carbonyl (C=O) groups is 1. The van der Waals surface area contributed by atoms with E-state index in [2.05, 4.69) is 10.6 Å². The second kappa shape index (κ2) is 7.18. The predicted molar refractivity (Wildman–Crippen MR) is 83.5 cm³/mol. The van der Waals surface area contributed by atoms with Crippen LogP contribution >= 0.6 is 0 Å². The van der Waals surface area contributed by atoms with Gasteiger partial charge < -0.3 is 10.6 Å². The van der Waals surface area contributed by atoms with Crippen LogP contribution in [0.15, 0.2) is 54.2 Å².